The average Bonchev–Trinajstić information content (AvgIpc) is 2.59. The largest absolute Gasteiger partial charge is 0.464 e. The van der Waals surface area contributed by atoms with Gasteiger partial charge in [0.1, 0.15) is 0 Å². The van der Waals surface area contributed by atoms with Crippen molar-refractivity contribution in [2.75, 3.05) is 12.4 Å². The molecule has 3 aromatic rings. The van der Waals surface area contributed by atoms with Crippen molar-refractivity contribution in [3.8, 4) is 0 Å². The molecule has 0 saturated carbocycles. The van der Waals surface area contributed by atoms with Gasteiger partial charge in [-0.1, -0.05) is 42.5 Å². The zero-order valence-corrected chi connectivity index (χ0v) is 12.1. The van der Waals surface area contributed by atoms with Crippen molar-refractivity contribution in [3.05, 3.63) is 65.9 Å². The second kappa shape index (κ2) is 6.22. The van der Waals surface area contributed by atoms with Gasteiger partial charge in [-0.25, -0.2) is 14.8 Å². The van der Waals surface area contributed by atoms with Crippen molar-refractivity contribution in [1.82, 2.24) is 9.97 Å². The topological polar surface area (TPSA) is 64.1 Å². The lowest BCUT2D eigenvalue weighted by Crippen LogP contribution is -2.12. The number of anilines is 1. The van der Waals surface area contributed by atoms with Gasteiger partial charge in [0.25, 0.3) is 0 Å². The fourth-order valence-electron chi connectivity index (χ4n) is 2.14. The number of hydrogen-bond acceptors (Lipinski definition) is 5. The van der Waals surface area contributed by atoms with Crippen LogP contribution in [0, 0.1) is 0 Å². The maximum Gasteiger partial charge on any atom is 0.360 e. The summed E-state index contributed by atoms with van der Waals surface area (Å²) in [6.45, 7) is 0.553. The van der Waals surface area contributed by atoms with E-state index in [-0.39, 0.29) is 5.69 Å². The van der Waals surface area contributed by atoms with Crippen LogP contribution in [0.25, 0.3) is 11.0 Å². The van der Waals surface area contributed by atoms with Crippen molar-refractivity contribution < 1.29 is 9.53 Å². The number of nitrogens with zero attached hydrogens (tertiary/aromatic N) is 2. The maximum absolute atomic E-state index is 11.9. The maximum atomic E-state index is 11.9. The van der Waals surface area contributed by atoms with Crippen molar-refractivity contribution in [3.63, 3.8) is 0 Å². The molecule has 1 heterocycles. The number of ether oxygens (including phenoxy) is 1. The first-order valence-electron chi connectivity index (χ1n) is 6.91. The van der Waals surface area contributed by atoms with Gasteiger partial charge >= 0.3 is 5.97 Å². The summed E-state index contributed by atoms with van der Waals surface area (Å²) in [5, 5.41) is 3.16. The summed E-state index contributed by atoms with van der Waals surface area (Å²) in [5.41, 5.74) is 2.67. The second-order valence-corrected chi connectivity index (χ2v) is 4.74. The van der Waals surface area contributed by atoms with E-state index < -0.39 is 5.97 Å². The Balaban J connectivity index is 1.97. The van der Waals surface area contributed by atoms with E-state index in [1.54, 1.807) is 0 Å². The summed E-state index contributed by atoms with van der Waals surface area (Å²) in [6.07, 6.45) is 0. The molecule has 0 saturated heterocycles. The van der Waals surface area contributed by atoms with E-state index in [1.165, 1.54) is 7.11 Å². The fourth-order valence-corrected chi connectivity index (χ4v) is 2.14. The Morgan fingerprint density at radius 3 is 2.32 bits per heavy atom. The number of para-hydroxylation sites is 2. The number of nitrogens with one attached hydrogen (secondary N) is 1. The number of hydrogen-bond donors (Lipinski definition) is 1. The van der Waals surface area contributed by atoms with Crippen LogP contribution >= 0.6 is 0 Å². The number of aromatic nitrogens is 2. The fraction of sp³-hybridized carbons (Fsp3) is 0.118. The van der Waals surface area contributed by atoms with Crippen molar-refractivity contribution in [1.29, 1.82) is 0 Å². The molecular weight excluding hydrogens is 278 g/mol. The van der Waals surface area contributed by atoms with Crippen molar-refractivity contribution in [2.45, 2.75) is 6.54 Å². The number of methoxy groups -OCH3 is 1. The van der Waals surface area contributed by atoms with Crippen LogP contribution in [0.4, 0.5) is 5.82 Å². The minimum Gasteiger partial charge on any atom is -0.464 e. The molecule has 0 amide bonds. The Kier molecular flexibility index (Phi) is 3.96. The van der Waals surface area contributed by atoms with E-state index in [1.807, 2.05) is 54.6 Å². The molecule has 0 aliphatic carbocycles. The van der Waals surface area contributed by atoms with E-state index in [2.05, 4.69) is 15.3 Å². The predicted molar refractivity (Wildman–Crippen MR) is 84.6 cm³/mol. The van der Waals surface area contributed by atoms with Crippen LogP contribution in [0.3, 0.4) is 0 Å². The molecule has 22 heavy (non-hydrogen) atoms. The molecule has 0 bridgehead atoms. The minimum absolute atomic E-state index is 0.192. The van der Waals surface area contributed by atoms with Crippen LogP contribution in [0.1, 0.15) is 16.1 Å². The third-order valence-electron chi connectivity index (χ3n) is 3.25. The highest BCUT2D eigenvalue weighted by atomic mass is 16.5. The minimum atomic E-state index is -0.506. The molecule has 1 aromatic heterocycles. The molecule has 1 N–H and O–H groups in total. The number of fused-ring (bicyclic) bond motifs is 1. The highest BCUT2D eigenvalue weighted by molar-refractivity contribution is 5.95. The van der Waals surface area contributed by atoms with Crippen molar-refractivity contribution >= 4 is 22.8 Å². The van der Waals surface area contributed by atoms with Crippen LogP contribution in [0.5, 0.6) is 0 Å². The number of carbonyl (C=O) groups is 1. The quantitative estimate of drug-likeness (QED) is 0.749. The highest BCUT2D eigenvalue weighted by Gasteiger charge is 2.16. The summed E-state index contributed by atoms with van der Waals surface area (Å²) in [7, 11) is 1.33. The predicted octanol–water partition coefficient (Wildman–Crippen LogP) is 3.03. The average molecular weight is 293 g/mol. The summed E-state index contributed by atoms with van der Waals surface area (Å²) in [4.78, 5) is 20.8. The Bertz CT molecular complexity index is 803. The van der Waals surface area contributed by atoms with E-state index in [0.717, 1.165) is 11.1 Å². The first kappa shape index (κ1) is 14.0. The van der Waals surface area contributed by atoms with Crippen LogP contribution in [-0.4, -0.2) is 23.0 Å². The Labute approximate surface area is 128 Å². The van der Waals surface area contributed by atoms with Gasteiger partial charge in [-0.2, -0.15) is 0 Å². The number of rotatable bonds is 4. The summed E-state index contributed by atoms with van der Waals surface area (Å²) >= 11 is 0. The number of esters is 1. The normalized spacial score (nSPS) is 10.4. The Morgan fingerprint density at radius 2 is 1.64 bits per heavy atom. The van der Waals surface area contributed by atoms with Crippen LogP contribution in [0.2, 0.25) is 0 Å². The standard InChI is InChI=1S/C17H15N3O2/c1-22-17(21)15-16(18-11-12-7-3-2-4-8-12)20-14-10-6-5-9-13(14)19-15/h2-10H,11H2,1H3,(H,18,20). The Morgan fingerprint density at radius 1 is 1.00 bits per heavy atom. The molecule has 0 spiro atoms. The zero-order chi connectivity index (χ0) is 15.4. The van der Waals surface area contributed by atoms with Gasteiger partial charge in [0.05, 0.1) is 18.1 Å². The van der Waals surface area contributed by atoms with E-state index in [0.29, 0.717) is 17.9 Å². The summed E-state index contributed by atoms with van der Waals surface area (Å²) in [6, 6.07) is 17.3. The van der Waals surface area contributed by atoms with Crippen LogP contribution in [0.15, 0.2) is 54.6 Å². The summed E-state index contributed by atoms with van der Waals surface area (Å²) < 4.78 is 4.80. The first-order valence-corrected chi connectivity index (χ1v) is 6.91. The molecule has 3 rings (SSSR count). The molecule has 0 atom stereocenters. The molecule has 5 nitrogen and oxygen atoms in total. The third-order valence-corrected chi connectivity index (χ3v) is 3.25. The van der Waals surface area contributed by atoms with Gasteiger partial charge in [0.2, 0.25) is 0 Å². The van der Waals surface area contributed by atoms with E-state index >= 15 is 0 Å². The SMILES string of the molecule is COC(=O)c1nc2ccccc2nc1NCc1ccccc1. The van der Waals surface area contributed by atoms with Crippen LogP contribution < -0.4 is 5.32 Å². The molecule has 0 unspecified atom stereocenters. The van der Waals surface area contributed by atoms with Gasteiger partial charge in [-0.15, -0.1) is 0 Å². The monoisotopic (exact) mass is 293 g/mol. The van der Waals surface area contributed by atoms with Gasteiger partial charge < -0.3 is 10.1 Å². The molecule has 110 valence electrons. The molecule has 0 radical (unpaired) electrons. The van der Waals surface area contributed by atoms with Crippen LogP contribution in [-0.2, 0) is 11.3 Å². The smallest absolute Gasteiger partial charge is 0.360 e. The number of carbonyl (C=O) groups excluding carboxylic acids is 1. The van der Waals surface area contributed by atoms with Gasteiger partial charge in [0.15, 0.2) is 11.5 Å². The van der Waals surface area contributed by atoms with Gasteiger partial charge in [-0.05, 0) is 17.7 Å². The highest BCUT2D eigenvalue weighted by Crippen LogP contribution is 2.18. The molecule has 0 aliphatic rings. The van der Waals surface area contributed by atoms with E-state index in [4.69, 9.17) is 4.74 Å². The lowest BCUT2D eigenvalue weighted by molar-refractivity contribution is 0.0595. The lowest BCUT2D eigenvalue weighted by atomic mass is 10.2. The lowest BCUT2D eigenvalue weighted by Gasteiger charge is -2.10. The van der Waals surface area contributed by atoms with Gasteiger partial charge in [-0.3, -0.25) is 0 Å². The molecule has 0 aliphatic heterocycles. The number of benzene rings is 2. The molecule has 0 fully saturated rings. The molecule has 5 heteroatoms. The van der Waals surface area contributed by atoms with E-state index in [9.17, 15) is 4.79 Å². The first-order chi connectivity index (χ1) is 10.8. The van der Waals surface area contributed by atoms with Gasteiger partial charge in [0, 0.05) is 6.54 Å². The second-order valence-electron chi connectivity index (χ2n) is 4.74. The third kappa shape index (κ3) is 2.88. The Hall–Kier alpha value is -2.95. The zero-order valence-electron chi connectivity index (χ0n) is 12.1. The van der Waals surface area contributed by atoms with Crippen molar-refractivity contribution in [2.24, 2.45) is 0 Å². The summed E-state index contributed by atoms with van der Waals surface area (Å²) in [5.74, 6) is -0.0804. The molecular formula is C17H15N3O2. The molecule has 2 aromatic carbocycles.